The molecule has 1 unspecified atom stereocenters. The zero-order valence-electron chi connectivity index (χ0n) is 21.1. The summed E-state index contributed by atoms with van der Waals surface area (Å²) in [6.07, 6.45) is 7.31. The molecule has 5 heterocycles. The SMILES string of the molecule is [C-]#[N+]c1cc(C)c(Oc2cc(Nc3ccc(C(=O)N4CCOC(C5CC5)C4)cn3)c3ncn(C)c3n2)cn1. The Kier molecular flexibility index (Phi) is 6.09. The standard InChI is InChI=1S/C27H26N8O3/c1-16-10-23(28-2)30-13-20(16)38-24-11-19(25-26(33-24)34(3)15-31-25)32-22-7-6-18(12-29-22)27(36)35-8-9-37-21(14-35)17-4-5-17/h6-7,10-13,15,17,21H,4-5,8-9,14H2,1,3H3,(H,29,32,33). The molecule has 0 radical (unpaired) electrons. The van der Waals surface area contributed by atoms with E-state index in [1.54, 1.807) is 41.4 Å². The van der Waals surface area contributed by atoms with Gasteiger partial charge in [-0.15, -0.1) is 4.98 Å². The fraction of sp³-hybridized carbons (Fsp3) is 0.333. The van der Waals surface area contributed by atoms with Gasteiger partial charge in [-0.05, 0) is 49.4 Å². The van der Waals surface area contributed by atoms with Crippen molar-refractivity contribution in [3.05, 3.63) is 65.5 Å². The molecule has 0 spiro atoms. The molecule has 11 heteroatoms. The summed E-state index contributed by atoms with van der Waals surface area (Å²) in [4.78, 5) is 35.9. The van der Waals surface area contributed by atoms with Crippen LogP contribution in [0.5, 0.6) is 11.6 Å². The third kappa shape index (κ3) is 4.73. The van der Waals surface area contributed by atoms with Crippen molar-refractivity contribution in [2.24, 2.45) is 13.0 Å². The van der Waals surface area contributed by atoms with Crippen LogP contribution in [0.4, 0.5) is 17.3 Å². The number of morpholine rings is 1. The molecule has 11 nitrogen and oxygen atoms in total. The Morgan fingerprint density at radius 2 is 2.08 bits per heavy atom. The first-order valence-electron chi connectivity index (χ1n) is 12.5. The zero-order chi connectivity index (χ0) is 26.2. The number of amides is 1. The molecule has 1 aliphatic carbocycles. The van der Waals surface area contributed by atoms with Gasteiger partial charge in [-0.25, -0.2) is 9.97 Å². The molecular formula is C27H26N8O3. The second-order valence-corrected chi connectivity index (χ2v) is 9.61. The lowest BCUT2D eigenvalue weighted by molar-refractivity contribution is -0.0314. The molecule has 1 saturated heterocycles. The lowest BCUT2D eigenvalue weighted by atomic mass is 10.1. The number of nitrogens with zero attached hydrogens (tertiary/aromatic N) is 7. The molecule has 1 N–H and O–H groups in total. The minimum Gasteiger partial charge on any atom is -0.435 e. The Labute approximate surface area is 219 Å². The predicted molar refractivity (Wildman–Crippen MR) is 140 cm³/mol. The van der Waals surface area contributed by atoms with Gasteiger partial charge in [0.1, 0.15) is 11.3 Å². The van der Waals surface area contributed by atoms with Crippen molar-refractivity contribution in [2.75, 3.05) is 25.0 Å². The Hall–Kier alpha value is -4.56. The van der Waals surface area contributed by atoms with Crippen LogP contribution >= 0.6 is 0 Å². The summed E-state index contributed by atoms with van der Waals surface area (Å²) in [7, 11) is 1.85. The van der Waals surface area contributed by atoms with Gasteiger partial charge in [0.15, 0.2) is 17.6 Å². The van der Waals surface area contributed by atoms with Crippen molar-refractivity contribution >= 4 is 34.4 Å². The van der Waals surface area contributed by atoms with Crippen molar-refractivity contribution < 1.29 is 14.3 Å². The molecule has 1 atom stereocenters. The first-order valence-corrected chi connectivity index (χ1v) is 12.5. The average Bonchev–Trinajstić information content (AvgIpc) is 3.73. The molecule has 0 bridgehead atoms. The molecule has 1 saturated carbocycles. The van der Waals surface area contributed by atoms with Gasteiger partial charge in [-0.3, -0.25) is 4.79 Å². The third-order valence-corrected chi connectivity index (χ3v) is 6.82. The molecule has 2 aliphatic rings. The van der Waals surface area contributed by atoms with Gasteiger partial charge in [0.2, 0.25) is 5.88 Å². The van der Waals surface area contributed by atoms with Crippen molar-refractivity contribution in [3.8, 4) is 11.6 Å². The van der Waals surface area contributed by atoms with Gasteiger partial charge in [0.05, 0.1) is 30.3 Å². The summed E-state index contributed by atoms with van der Waals surface area (Å²) < 4.78 is 13.7. The number of carbonyl (C=O) groups excluding carboxylic acids is 1. The minimum atomic E-state index is -0.0297. The van der Waals surface area contributed by atoms with E-state index in [-0.39, 0.29) is 12.0 Å². The number of hydrogen-bond acceptors (Lipinski definition) is 8. The highest BCUT2D eigenvalue weighted by atomic mass is 16.5. The summed E-state index contributed by atoms with van der Waals surface area (Å²) in [5.41, 5.74) is 3.25. The van der Waals surface area contributed by atoms with Gasteiger partial charge >= 0.3 is 0 Å². The average molecular weight is 511 g/mol. The number of aryl methyl sites for hydroxylation is 2. The number of fused-ring (bicyclic) bond motifs is 1. The summed E-state index contributed by atoms with van der Waals surface area (Å²) in [6.45, 7) is 10.8. The van der Waals surface area contributed by atoms with Crippen molar-refractivity contribution in [3.63, 3.8) is 0 Å². The minimum absolute atomic E-state index is 0.0297. The molecule has 4 aromatic rings. The normalized spacial score (nSPS) is 17.3. The van der Waals surface area contributed by atoms with E-state index in [2.05, 4.69) is 30.1 Å². The molecule has 6 rings (SSSR count). The van der Waals surface area contributed by atoms with Crippen molar-refractivity contribution in [2.45, 2.75) is 25.9 Å². The van der Waals surface area contributed by atoms with E-state index in [9.17, 15) is 4.79 Å². The van der Waals surface area contributed by atoms with E-state index in [4.69, 9.17) is 16.0 Å². The highest BCUT2D eigenvalue weighted by Gasteiger charge is 2.36. The number of nitrogens with one attached hydrogen (secondary N) is 1. The lowest BCUT2D eigenvalue weighted by Crippen LogP contribution is -2.46. The van der Waals surface area contributed by atoms with Crippen LogP contribution in [0.15, 0.2) is 43.0 Å². The second kappa shape index (κ2) is 9.72. The van der Waals surface area contributed by atoms with E-state index in [0.717, 1.165) is 5.56 Å². The monoisotopic (exact) mass is 510 g/mol. The Bertz CT molecular complexity index is 1560. The van der Waals surface area contributed by atoms with Gasteiger partial charge in [-0.2, -0.15) is 4.98 Å². The second-order valence-electron chi connectivity index (χ2n) is 9.61. The summed E-state index contributed by atoms with van der Waals surface area (Å²) in [6, 6.07) is 6.96. The number of rotatable bonds is 6. The van der Waals surface area contributed by atoms with Crippen molar-refractivity contribution in [1.82, 2.24) is 29.4 Å². The van der Waals surface area contributed by atoms with Crippen LogP contribution in [-0.2, 0) is 11.8 Å². The number of pyridine rings is 3. The number of ether oxygens (including phenoxy) is 2. The number of anilines is 2. The van der Waals surface area contributed by atoms with E-state index in [1.807, 2.05) is 18.9 Å². The summed E-state index contributed by atoms with van der Waals surface area (Å²) in [5, 5.41) is 3.29. The summed E-state index contributed by atoms with van der Waals surface area (Å²) in [5.74, 6) is 2.27. The molecule has 1 aliphatic heterocycles. The summed E-state index contributed by atoms with van der Waals surface area (Å²) >= 11 is 0. The van der Waals surface area contributed by atoms with Gasteiger partial charge < -0.3 is 29.1 Å². The third-order valence-electron chi connectivity index (χ3n) is 6.82. The Morgan fingerprint density at radius 3 is 2.82 bits per heavy atom. The van der Waals surface area contributed by atoms with E-state index >= 15 is 0 Å². The van der Waals surface area contributed by atoms with E-state index in [0.29, 0.717) is 71.3 Å². The van der Waals surface area contributed by atoms with Crippen LogP contribution in [0.25, 0.3) is 16.0 Å². The smallest absolute Gasteiger partial charge is 0.269 e. The van der Waals surface area contributed by atoms with Gasteiger partial charge in [0.25, 0.3) is 11.7 Å². The maximum Gasteiger partial charge on any atom is 0.269 e. The van der Waals surface area contributed by atoms with E-state index in [1.165, 1.54) is 19.0 Å². The van der Waals surface area contributed by atoms with E-state index < -0.39 is 0 Å². The van der Waals surface area contributed by atoms with Crippen LogP contribution < -0.4 is 10.1 Å². The molecule has 192 valence electrons. The Balaban J connectivity index is 1.22. The maximum atomic E-state index is 13.1. The largest absolute Gasteiger partial charge is 0.435 e. The molecule has 1 amide bonds. The van der Waals surface area contributed by atoms with Crippen LogP contribution in [0.1, 0.15) is 28.8 Å². The van der Waals surface area contributed by atoms with Gasteiger partial charge in [-0.1, -0.05) is 6.57 Å². The molecular weight excluding hydrogens is 484 g/mol. The van der Waals surface area contributed by atoms with Crippen molar-refractivity contribution in [1.29, 1.82) is 0 Å². The highest BCUT2D eigenvalue weighted by Crippen LogP contribution is 2.36. The molecule has 0 aromatic carbocycles. The van der Waals surface area contributed by atoms with Crippen LogP contribution in [0.2, 0.25) is 0 Å². The lowest BCUT2D eigenvalue weighted by Gasteiger charge is -2.33. The van der Waals surface area contributed by atoms with Crippen LogP contribution in [0, 0.1) is 19.4 Å². The first-order chi connectivity index (χ1) is 18.5. The maximum absolute atomic E-state index is 13.1. The quantitative estimate of drug-likeness (QED) is 0.380. The molecule has 38 heavy (non-hydrogen) atoms. The first kappa shape index (κ1) is 23.8. The molecule has 2 fully saturated rings. The number of hydrogen-bond donors (Lipinski definition) is 1. The topological polar surface area (TPSA) is 112 Å². The number of aromatic nitrogens is 5. The number of carbonyl (C=O) groups is 1. The van der Waals surface area contributed by atoms with Crippen LogP contribution in [-0.4, -0.2) is 61.1 Å². The number of imidazole rings is 1. The Morgan fingerprint density at radius 1 is 1.21 bits per heavy atom. The predicted octanol–water partition coefficient (Wildman–Crippen LogP) is 4.40. The zero-order valence-corrected chi connectivity index (χ0v) is 21.1. The van der Waals surface area contributed by atoms with Gasteiger partial charge in [0, 0.05) is 32.4 Å². The van der Waals surface area contributed by atoms with Crippen LogP contribution in [0.3, 0.4) is 0 Å². The fourth-order valence-electron chi connectivity index (χ4n) is 4.56. The molecule has 4 aromatic heterocycles. The highest BCUT2D eigenvalue weighted by molar-refractivity contribution is 5.94. The fourth-order valence-corrected chi connectivity index (χ4v) is 4.56.